The van der Waals surface area contributed by atoms with Gasteiger partial charge in [-0.3, -0.25) is 4.79 Å². The molecular weight excluding hydrogens is 298 g/mol. The van der Waals surface area contributed by atoms with Crippen LogP contribution in [0.15, 0.2) is 28.7 Å². The Kier molecular flexibility index (Phi) is 4.51. The lowest BCUT2D eigenvalue weighted by atomic mass is 10.1. The summed E-state index contributed by atoms with van der Waals surface area (Å²) in [6.45, 7) is 0.682. The molecule has 1 aromatic carbocycles. The molecular formula is C13H16BrNOS. The number of rotatable bonds is 3. The predicted octanol–water partition coefficient (Wildman–Crippen LogP) is 3.16. The molecule has 1 fully saturated rings. The number of carbonyl (C=O) groups excluding carboxylic acids is 1. The van der Waals surface area contributed by atoms with Crippen LogP contribution in [0.1, 0.15) is 12.0 Å². The van der Waals surface area contributed by atoms with Crippen LogP contribution in [-0.2, 0) is 11.3 Å². The highest BCUT2D eigenvalue weighted by Crippen LogP contribution is 2.26. The zero-order chi connectivity index (χ0) is 12.3. The third kappa shape index (κ3) is 3.26. The van der Waals surface area contributed by atoms with Crippen molar-refractivity contribution in [1.82, 2.24) is 4.90 Å². The van der Waals surface area contributed by atoms with Gasteiger partial charge in [-0.05, 0) is 23.8 Å². The van der Waals surface area contributed by atoms with E-state index in [0.717, 1.165) is 28.0 Å². The topological polar surface area (TPSA) is 20.3 Å². The third-order valence-electron chi connectivity index (χ3n) is 3.02. The largest absolute Gasteiger partial charge is 0.341 e. The van der Waals surface area contributed by atoms with Gasteiger partial charge < -0.3 is 4.90 Å². The lowest BCUT2D eigenvalue weighted by molar-refractivity contribution is -0.133. The summed E-state index contributed by atoms with van der Waals surface area (Å²) in [7, 11) is 1.89. The van der Waals surface area contributed by atoms with E-state index in [1.165, 1.54) is 0 Å². The van der Waals surface area contributed by atoms with Crippen LogP contribution in [0.2, 0.25) is 0 Å². The van der Waals surface area contributed by atoms with E-state index in [9.17, 15) is 4.79 Å². The van der Waals surface area contributed by atoms with Gasteiger partial charge in [0, 0.05) is 29.7 Å². The summed E-state index contributed by atoms with van der Waals surface area (Å²) in [5.41, 5.74) is 1.16. The minimum atomic E-state index is 0.229. The zero-order valence-electron chi connectivity index (χ0n) is 9.86. The van der Waals surface area contributed by atoms with Crippen molar-refractivity contribution in [2.24, 2.45) is 5.92 Å². The first-order valence-corrected chi connectivity index (χ1v) is 7.69. The highest BCUT2D eigenvalue weighted by atomic mass is 79.9. The minimum absolute atomic E-state index is 0.229. The summed E-state index contributed by atoms with van der Waals surface area (Å²) in [6.07, 6.45) is 1.03. The van der Waals surface area contributed by atoms with Crippen LogP contribution in [0.3, 0.4) is 0 Å². The summed E-state index contributed by atoms with van der Waals surface area (Å²) in [5.74, 6) is 2.62. The van der Waals surface area contributed by atoms with E-state index in [0.29, 0.717) is 6.54 Å². The quantitative estimate of drug-likeness (QED) is 0.854. The second-order valence-corrected chi connectivity index (χ2v) is 6.35. The molecule has 1 unspecified atom stereocenters. The van der Waals surface area contributed by atoms with E-state index in [2.05, 4.69) is 22.0 Å². The van der Waals surface area contributed by atoms with Gasteiger partial charge in [-0.1, -0.05) is 34.1 Å². The van der Waals surface area contributed by atoms with Crippen LogP contribution < -0.4 is 0 Å². The number of thioether (sulfide) groups is 1. The summed E-state index contributed by atoms with van der Waals surface area (Å²) in [6, 6.07) is 8.06. The Hall–Kier alpha value is -0.480. The molecule has 2 rings (SSSR count). The molecule has 1 atom stereocenters. The lowest BCUT2D eigenvalue weighted by Gasteiger charge is -2.21. The van der Waals surface area contributed by atoms with Crippen molar-refractivity contribution in [3.63, 3.8) is 0 Å². The van der Waals surface area contributed by atoms with Gasteiger partial charge in [-0.15, -0.1) is 0 Å². The summed E-state index contributed by atoms with van der Waals surface area (Å²) in [5, 5.41) is 0. The molecule has 4 heteroatoms. The number of benzene rings is 1. The molecule has 17 heavy (non-hydrogen) atoms. The van der Waals surface area contributed by atoms with E-state index < -0.39 is 0 Å². The first-order valence-electron chi connectivity index (χ1n) is 5.74. The first-order chi connectivity index (χ1) is 8.18. The van der Waals surface area contributed by atoms with Gasteiger partial charge in [0.2, 0.25) is 5.91 Å². The molecule has 92 valence electrons. The number of carbonyl (C=O) groups is 1. The molecule has 0 radical (unpaired) electrons. The fraction of sp³-hybridized carbons (Fsp3) is 0.462. The van der Waals surface area contributed by atoms with Gasteiger partial charge >= 0.3 is 0 Å². The standard InChI is InChI=1S/C13H16BrNOS/c1-15(13(16)11-6-7-17-9-11)8-10-4-2-3-5-12(10)14/h2-5,11H,6-9H2,1H3. The molecule has 1 aliphatic rings. The molecule has 1 heterocycles. The number of hydrogen-bond acceptors (Lipinski definition) is 2. The molecule has 2 nitrogen and oxygen atoms in total. The van der Waals surface area contributed by atoms with Crippen molar-refractivity contribution in [1.29, 1.82) is 0 Å². The Bertz CT molecular complexity index is 404. The van der Waals surface area contributed by atoms with Crippen LogP contribution in [0.25, 0.3) is 0 Å². The molecule has 0 aromatic heterocycles. The summed E-state index contributed by atoms with van der Waals surface area (Å²) < 4.78 is 1.07. The highest BCUT2D eigenvalue weighted by molar-refractivity contribution is 9.10. The van der Waals surface area contributed by atoms with Crippen LogP contribution in [0, 0.1) is 5.92 Å². The van der Waals surface area contributed by atoms with Crippen molar-refractivity contribution < 1.29 is 4.79 Å². The van der Waals surface area contributed by atoms with E-state index in [4.69, 9.17) is 0 Å². The molecule has 1 aromatic rings. The maximum atomic E-state index is 12.2. The van der Waals surface area contributed by atoms with Crippen molar-refractivity contribution >= 4 is 33.6 Å². The fourth-order valence-corrected chi connectivity index (χ4v) is 3.62. The first kappa shape index (κ1) is 13.0. The fourth-order valence-electron chi connectivity index (χ4n) is 2.00. The van der Waals surface area contributed by atoms with Crippen LogP contribution >= 0.6 is 27.7 Å². The number of halogens is 1. The van der Waals surface area contributed by atoms with E-state index in [1.54, 1.807) is 0 Å². The third-order valence-corrected chi connectivity index (χ3v) is 4.96. The second-order valence-electron chi connectivity index (χ2n) is 4.35. The van der Waals surface area contributed by atoms with E-state index in [1.807, 2.05) is 41.9 Å². The normalized spacial score (nSPS) is 19.3. The maximum Gasteiger partial charge on any atom is 0.226 e. The number of amides is 1. The number of hydrogen-bond donors (Lipinski definition) is 0. The zero-order valence-corrected chi connectivity index (χ0v) is 12.3. The smallest absolute Gasteiger partial charge is 0.226 e. The Morgan fingerprint density at radius 1 is 1.53 bits per heavy atom. The maximum absolute atomic E-state index is 12.2. The monoisotopic (exact) mass is 313 g/mol. The van der Waals surface area contributed by atoms with Gasteiger partial charge in [-0.2, -0.15) is 11.8 Å². The van der Waals surface area contributed by atoms with E-state index >= 15 is 0 Å². The second kappa shape index (κ2) is 5.91. The van der Waals surface area contributed by atoms with E-state index in [-0.39, 0.29) is 11.8 Å². The Morgan fingerprint density at radius 2 is 2.29 bits per heavy atom. The van der Waals surface area contributed by atoms with Gasteiger partial charge in [-0.25, -0.2) is 0 Å². The minimum Gasteiger partial charge on any atom is -0.341 e. The Morgan fingerprint density at radius 3 is 2.94 bits per heavy atom. The highest BCUT2D eigenvalue weighted by Gasteiger charge is 2.25. The van der Waals surface area contributed by atoms with Crippen molar-refractivity contribution in [3.8, 4) is 0 Å². The van der Waals surface area contributed by atoms with Crippen LogP contribution in [0.5, 0.6) is 0 Å². The van der Waals surface area contributed by atoms with Gasteiger partial charge in [0.25, 0.3) is 0 Å². The van der Waals surface area contributed by atoms with Crippen molar-refractivity contribution in [3.05, 3.63) is 34.3 Å². The average molecular weight is 314 g/mol. The lowest BCUT2D eigenvalue weighted by Crippen LogP contribution is -2.32. The summed E-state index contributed by atoms with van der Waals surface area (Å²) >= 11 is 5.40. The molecule has 0 saturated carbocycles. The Balaban J connectivity index is 1.99. The Labute approximate surface area is 115 Å². The summed E-state index contributed by atoms with van der Waals surface area (Å²) in [4.78, 5) is 14.0. The molecule has 0 N–H and O–H groups in total. The molecule has 1 aliphatic heterocycles. The number of nitrogens with zero attached hydrogens (tertiary/aromatic N) is 1. The molecule has 0 aliphatic carbocycles. The predicted molar refractivity (Wildman–Crippen MR) is 76.0 cm³/mol. The molecule has 1 amide bonds. The van der Waals surface area contributed by atoms with Crippen LogP contribution in [-0.4, -0.2) is 29.4 Å². The van der Waals surface area contributed by atoms with Crippen molar-refractivity contribution in [2.45, 2.75) is 13.0 Å². The van der Waals surface area contributed by atoms with Crippen LogP contribution in [0.4, 0.5) is 0 Å². The SMILES string of the molecule is CN(Cc1ccccc1Br)C(=O)C1CCSC1. The van der Waals surface area contributed by atoms with Gasteiger partial charge in [0.15, 0.2) is 0 Å². The van der Waals surface area contributed by atoms with Gasteiger partial charge in [0.1, 0.15) is 0 Å². The van der Waals surface area contributed by atoms with Crippen molar-refractivity contribution in [2.75, 3.05) is 18.6 Å². The molecule has 1 saturated heterocycles. The van der Waals surface area contributed by atoms with Gasteiger partial charge in [0.05, 0.1) is 0 Å². The molecule has 0 bridgehead atoms. The average Bonchev–Trinajstić information content (AvgIpc) is 2.84. The molecule has 0 spiro atoms.